The molecule has 0 amide bonds. The molecule has 2 aromatic rings. The molecule has 1 aromatic carbocycles. The van der Waals surface area contributed by atoms with Gasteiger partial charge in [0.1, 0.15) is 5.82 Å². The zero-order chi connectivity index (χ0) is 16.5. The van der Waals surface area contributed by atoms with Crippen LogP contribution >= 0.6 is 0 Å². The van der Waals surface area contributed by atoms with Crippen molar-refractivity contribution in [2.45, 2.75) is 32.2 Å². The largest absolute Gasteiger partial charge is 0.478 e. The van der Waals surface area contributed by atoms with E-state index in [-0.39, 0.29) is 0 Å². The summed E-state index contributed by atoms with van der Waals surface area (Å²) < 4.78 is 1.92. The van der Waals surface area contributed by atoms with E-state index in [1.165, 1.54) is 24.8 Å². The minimum Gasteiger partial charge on any atom is -0.478 e. The summed E-state index contributed by atoms with van der Waals surface area (Å²) in [6.45, 7) is 4.16. The number of rotatable bonds is 4. The number of fused-ring (bicyclic) bond motifs is 1. The summed E-state index contributed by atoms with van der Waals surface area (Å²) in [5.41, 5.74) is 3.65. The van der Waals surface area contributed by atoms with Gasteiger partial charge in [-0.15, -0.1) is 0 Å². The number of piperidine rings is 1. The van der Waals surface area contributed by atoms with Crippen LogP contribution in [0, 0.1) is 0 Å². The monoisotopic (exact) mass is 326 g/mol. The van der Waals surface area contributed by atoms with Gasteiger partial charge in [-0.3, -0.25) is 4.90 Å². The molecule has 1 saturated heterocycles. The number of carboxylic acids is 1. The standard InChI is InChI=1S/C18H22N4O2/c23-18(24)13-4-6-14(7-5-13)22-17-15(8-9-19-17)16(20-22)12-21-10-2-1-3-11-21/h4-7,19H,1-3,8-12H2,(H,23,24). The molecule has 2 N–H and O–H groups in total. The van der Waals surface area contributed by atoms with E-state index in [9.17, 15) is 4.79 Å². The van der Waals surface area contributed by atoms with E-state index >= 15 is 0 Å². The molecular formula is C18H22N4O2. The third kappa shape index (κ3) is 2.78. The first-order chi connectivity index (χ1) is 11.7. The number of nitrogens with zero attached hydrogens (tertiary/aromatic N) is 3. The number of benzene rings is 1. The van der Waals surface area contributed by atoms with Crippen LogP contribution in [-0.4, -0.2) is 45.4 Å². The number of likely N-dealkylation sites (tertiary alicyclic amines) is 1. The molecule has 2 aliphatic rings. The highest BCUT2D eigenvalue weighted by atomic mass is 16.4. The van der Waals surface area contributed by atoms with Crippen LogP contribution in [-0.2, 0) is 13.0 Å². The normalized spacial score (nSPS) is 17.5. The van der Waals surface area contributed by atoms with Gasteiger partial charge in [0.2, 0.25) is 0 Å². The fourth-order valence-corrected chi connectivity index (χ4v) is 3.63. The summed E-state index contributed by atoms with van der Waals surface area (Å²) in [7, 11) is 0. The molecule has 1 aromatic heterocycles. The summed E-state index contributed by atoms with van der Waals surface area (Å²) in [5.74, 6) is 0.154. The number of hydrogen-bond donors (Lipinski definition) is 2. The molecule has 4 rings (SSSR count). The van der Waals surface area contributed by atoms with Crippen molar-refractivity contribution >= 4 is 11.8 Å². The van der Waals surface area contributed by atoms with E-state index in [2.05, 4.69) is 10.2 Å². The maximum atomic E-state index is 11.0. The number of aromatic carboxylic acids is 1. The van der Waals surface area contributed by atoms with E-state index in [0.717, 1.165) is 49.8 Å². The summed E-state index contributed by atoms with van der Waals surface area (Å²) in [5, 5.41) is 17.3. The molecule has 0 radical (unpaired) electrons. The van der Waals surface area contributed by atoms with E-state index in [0.29, 0.717) is 5.56 Å². The zero-order valence-electron chi connectivity index (χ0n) is 13.7. The Morgan fingerprint density at radius 1 is 1.17 bits per heavy atom. The molecule has 3 heterocycles. The molecule has 0 spiro atoms. The predicted octanol–water partition coefficient (Wildman–Crippen LogP) is 2.52. The molecule has 0 saturated carbocycles. The molecule has 0 bridgehead atoms. The molecule has 0 unspecified atom stereocenters. The Kier molecular flexibility index (Phi) is 3.98. The lowest BCUT2D eigenvalue weighted by molar-refractivity contribution is 0.0697. The first-order valence-corrected chi connectivity index (χ1v) is 8.63. The third-order valence-electron chi connectivity index (χ3n) is 4.92. The fraction of sp³-hybridized carbons (Fsp3) is 0.444. The highest BCUT2D eigenvalue weighted by Gasteiger charge is 2.24. The van der Waals surface area contributed by atoms with Crippen molar-refractivity contribution in [1.29, 1.82) is 0 Å². The molecule has 2 aliphatic heterocycles. The first kappa shape index (κ1) is 15.2. The van der Waals surface area contributed by atoms with Crippen LogP contribution in [0.1, 0.15) is 40.9 Å². The molecule has 6 nitrogen and oxygen atoms in total. The highest BCUT2D eigenvalue weighted by molar-refractivity contribution is 5.87. The van der Waals surface area contributed by atoms with Gasteiger partial charge in [0.05, 0.1) is 16.9 Å². The Morgan fingerprint density at radius 2 is 1.92 bits per heavy atom. The van der Waals surface area contributed by atoms with E-state index in [4.69, 9.17) is 10.2 Å². The molecule has 6 heteroatoms. The first-order valence-electron chi connectivity index (χ1n) is 8.63. The van der Waals surface area contributed by atoms with Gasteiger partial charge < -0.3 is 10.4 Å². The lowest BCUT2D eigenvalue weighted by Crippen LogP contribution is -2.29. The SMILES string of the molecule is O=C(O)c1ccc(-n2nc(CN3CCCCC3)c3c2NCC3)cc1. The minimum absolute atomic E-state index is 0.295. The van der Waals surface area contributed by atoms with Crippen molar-refractivity contribution in [3.05, 3.63) is 41.1 Å². The van der Waals surface area contributed by atoms with Crippen LogP contribution in [0.2, 0.25) is 0 Å². The second kappa shape index (κ2) is 6.28. The van der Waals surface area contributed by atoms with Gasteiger partial charge in [-0.2, -0.15) is 5.10 Å². The highest BCUT2D eigenvalue weighted by Crippen LogP contribution is 2.30. The van der Waals surface area contributed by atoms with Crippen molar-refractivity contribution in [1.82, 2.24) is 14.7 Å². The van der Waals surface area contributed by atoms with Crippen molar-refractivity contribution < 1.29 is 9.90 Å². The molecule has 1 fully saturated rings. The van der Waals surface area contributed by atoms with Crippen molar-refractivity contribution in [3.8, 4) is 5.69 Å². The Labute approximate surface area is 141 Å². The summed E-state index contributed by atoms with van der Waals surface area (Å²) in [4.78, 5) is 13.5. The van der Waals surface area contributed by atoms with Gasteiger partial charge in [0, 0.05) is 18.7 Å². The topological polar surface area (TPSA) is 70.4 Å². The van der Waals surface area contributed by atoms with E-state index in [1.54, 1.807) is 12.1 Å². The summed E-state index contributed by atoms with van der Waals surface area (Å²) in [6, 6.07) is 6.90. The van der Waals surface area contributed by atoms with Crippen LogP contribution in [0.25, 0.3) is 5.69 Å². The van der Waals surface area contributed by atoms with Crippen LogP contribution in [0.3, 0.4) is 0 Å². The number of anilines is 1. The average molecular weight is 326 g/mol. The van der Waals surface area contributed by atoms with E-state index < -0.39 is 5.97 Å². The Hall–Kier alpha value is -2.34. The third-order valence-corrected chi connectivity index (χ3v) is 4.92. The second-order valence-corrected chi connectivity index (χ2v) is 6.55. The van der Waals surface area contributed by atoms with Gasteiger partial charge >= 0.3 is 5.97 Å². The van der Waals surface area contributed by atoms with Crippen LogP contribution < -0.4 is 5.32 Å². The fourth-order valence-electron chi connectivity index (χ4n) is 3.63. The maximum Gasteiger partial charge on any atom is 0.335 e. The quantitative estimate of drug-likeness (QED) is 0.903. The molecule has 0 atom stereocenters. The van der Waals surface area contributed by atoms with Crippen molar-refractivity contribution in [2.24, 2.45) is 0 Å². The maximum absolute atomic E-state index is 11.0. The van der Waals surface area contributed by atoms with E-state index in [1.807, 2.05) is 16.8 Å². The van der Waals surface area contributed by atoms with Gasteiger partial charge in [-0.1, -0.05) is 6.42 Å². The second-order valence-electron chi connectivity index (χ2n) is 6.55. The molecule has 24 heavy (non-hydrogen) atoms. The smallest absolute Gasteiger partial charge is 0.335 e. The Morgan fingerprint density at radius 3 is 2.62 bits per heavy atom. The molecular weight excluding hydrogens is 304 g/mol. The predicted molar refractivity (Wildman–Crippen MR) is 91.8 cm³/mol. The van der Waals surface area contributed by atoms with Crippen molar-refractivity contribution in [2.75, 3.05) is 25.0 Å². The van der Waals surface area contributed by atoms with Gasteiger partial charge in [-0.25, -0.2) is 9.48 Å². The number of carboxylic acid groups (broad SMARTS) is 1. The molecule has 126 valence electrons. The van der Waals surface area contributed by atoms with Gasteiger partial charge in [0.15, 0.2) is 0 Å². The van der Waals surface area contributed by atoms with Crippen LogP contribution in [0.5, 0.6) is 0 Å². The zero-order valence-corrected chi connectivity index (χ0v) is 13.7. The van der Waals surface area contributed by atoms with Crippen LogP contribution in [0.4, 0.5) is 5.82 Å². The Balaban J connectivity index is 1.64. The lowest BCUT2D eigenvalue weighted by atomic mass is 10.1. The lowest BCUT2D eigenvalue weighted by Gasteiger charge is -2.25. The minimum atomic E-state index is -0.906. The van der Waals surface area contributed by atoms with Crippen molar-refractivity contribution in [3.63, 3.8) is 0 Å². The number of nitrogens with one attached hydrogen (secondary N) is 1. The summed E-state index contributed by atoms with van der Waals surface area (Å²) in [6.07, 6.45) is 4.89. The average Bonchev–Trinajstić information content (AvgIpc) is 3.20. The number of hydrogen-bond acceptors (Lipinski definition) is 4. The number of carbonyl (C=O) groups is 1. The summed E-state index contributed by atoms with van der Waals surface area (Å²) >= 11 is 0. The Bertz CT molecular complexity index is 745. The van der Waals surface area contributed by atoms with Gasteiger partial charge in [-0.05, 0) is 56.6 Å². The number of aromatic nitrogens is 2. The van der Waals surface area contributed by atoms with Crippen LogP contribution in [0.15, 0.2) is 24.3 Å². The van der Waals surface area contributed by atoms with Gasteiger partial charge in [0.25, 0.3) is 0 Å². The molecule has 0 aliphatic carbocycles.